The van der Waals surface area contributed by atoms with Crippen LogP contribution < -0.4 is 11.1 Å². The molecular weight excluding hydrogens is 462 g/mol. The number of ether oxygens (including phenoxy) is 1. The Labute approximate surface area is 198 Å². The highest BCUT2D eigenvalue weighted by molar-refractivity contribution is 7.92. The van der Waals surface area contributed by atoms with E-state index in [1.807, 2.05) is 0 Å². The highest BCUT2D eigenvalue weighted by atomic mass is 32.2. The van der Waals surface area contributed by atoms with E-state index in [1.165, 1.54) is 17.4 Å². The van der Waals surface area contributed by atoms with Crippen LogP contribution in [0.2, 0.25) is 0 Å². The summed E-state index contributed by atoms with van der Waals surface area (Å²) >= 11 is 0. The zero-order chi connectivity index (χ0) is 24.7. The van der Waals surface area contributed by atoms with Crippen molar-refractivity contribution in [3.63, 3.8) is 0 Å². The lowest BCUT2D eigenvalue weighted by Crippen LogP contribution is -2.56. The number of carbonyl (C=O) groups excluding carboxylic acids is 3. The van der Waals surface area contributed by atoms with Gasteiger partial charge >= 0.3 is 0 Å². The van der Waals surface area contributed by atoms with Crippen LogP contribution in [0.1, 0.15) is 11.3 Å². The molecule has 1 aliphatic heterocycles. The maximum Gasteiger partial charge on any atom is 0.241 e. The molecule has 2 heterocycles. The fraction of sp³-hybridized carbons (Fsp3) is 0.455. The fourth-order valence-corrected chi connectivity index (χ4v) is 5.27. The van der Waals surface area contributed by atoms with Crippen molar-refractivity contribution in [2.75, 3.05) is 32.6 Å². The molecule has 1 fully saturated rings. The standard InChI is InChI=1S/C22H29N5O6S/c1-34(31,32)19(22(30)27-7-9-33-10-8-27)17(11-15-5-3-2-4-6-15)21(29)26-18(20(23)28)12-16-13-24-14-25-16/h2-6,13-14,17-19H,7-12H2,1H3,(H2,23,28)(H,24,25)(H,26,29)/t17?,18?,19-/m0/s1. The van der Waals surface area contributed by atoms with Gasteiger partial charge < -0.3 is 25.7 Å². The third-order valence-corrected chi connectivity index (χ3v) is 7.12. The van der Waals surface area contributed by atoms with E-state index in [0.29, 0.717) is 11.3 Å². The van der Waals surface area contributed by atoms with Crippen molar-refractivity contribution in [2.45, 2.75) is 24.1 Å². The Balaban J connectivity index is 1.93. The number of H-pyrrole nitrogens is 1. The number of carbonyl (C=O) groups is 3. The number of nitrogens with one attached hydrogen (secondary N) is 2. The van der Waals surface area contributed by atoms with E-state index in [2.05, 4.69) is 15.3 Å². The molecule has 1 aliphatic rings. The quantitative estimate of drug-likeness (QED) is 0.386. The van der Waals surface area contributed by atoms with Crippen LogP contribution in [0.4, 0.5) is 0 Å². The maximum absolute atomic E-state index is 13.5. The number of morpholine rings is 1. The zero-order valence-electron chi connectivity index (χ0n) is 18.8. The van der Waals surface area contributed by atoms with Gasteiger partial charge in [-0.15, -0.1) is 0 Å². The number of hydrogen-bond donors (Lipinski definition) is 3. The molecule has 3 rings (SSSR count). The number of sulfone groups is 1. The Morgan fingerprint density at radius 1 is 1.18 bits per heavy atom. The van der Waals surface area contributed by atoms with E-state index in [-0.39, 0.29) is 39.1 Å². The van der Waals surface area contributed by atoms with Gasteiger partial charge in [-0.05, 0) is 12.0 Å². The predicted molar refractivity (Wildman–Crippen MR) is 123 cm³/mol. The summed E-state index contributed by atoms with van der Waals surface area (Å²) in [5, 5.41) is 0.931. The van der Waals surface area contributed by atoms with Gasteiger partial charge in [0.15, 0.2) is 15.1 Å². The van der Waals surface area contributed by atoms with E-state index in [0.717, 1.165) is 6.26 Å². The van der Waals surface area contributed by atoms with Crippen molar-refractivity contribution in [2.24, 2.45) is 11.7 Å². The Kier molecular flexibility index (Phi) is 8.40. The van der Waals surface area contributed by atoms with Crippen LogP contribution >= 0.6 is 0 Å². The minimum absolute atomic E-state index is 0.0178. The predicted octanol–water partition coefficient (Wildman–Crippen LogP) is -0.947. The summed E-state index contributed by atoms with van der Waals surface area (Å²) < 4.78 is 31.0. The molecule has 4 N–H and O–H groups in total. The SMILES string of the molecule is CS(=O)(=O)[C@H](C(=O)N1CCOCC1)C(Cc1ccccc1)C(=O)NC(Cc1cnc[nH]1)C(N)=O. The third-order valence-electron chi connectivity index (χ3n) is 5.67. The lowest BCUT2D eigenvalue weighted by molar-refractivity contribution is -0.139. The van der Waals surface area contributed by atoms with Crippen molar-refractivity contribution in [3.05, 3.63) is 54.1 Å². The summed E-state index contributed by atoms with van der Waals surface area (Å²) in [5.41, 5.74) is 6.74. The smallest absolute Gasteiger partial charge is 0.241 e. The second kappa shape index (κ2) is 11.3. The zero-order valence-corrected chi connectivity index (χ0v) is 19.7. The average molecular weight is 492 g/mol. The normalized spacial score (nSPS) is 16.9. The molecule has 0 spiro atoms. The number of hydrogen-bond acceptors (Lipinski definition) is 7. The Morgan fingerprint density at radius 2 is 1.85 bits per heavy atom. The Bertz CT molecular complexity index is 1080. The molecule has 12 heteroatoms. The molecule has 0 aliphatic carbocycles. The van der Waals surface area contributed by atoms with Crippen LogP contribution in [0, 0.1) is 5.92 Å². The van der Waals surface area contributed by atoms with Gasteiger partial charge in [0.05, 0.1) is 25.5 Å². The van der Waals surface area contributed by atoms with Gasteiger partial charge in [-0.3, -0.25) is 14.4 Å². The number of imidazole rings is 1. The molecule has 0 bridgehead atoms. The summed E-state index contributed by atoms with van der Waals surface area (Å²) in [7, 11) is -4.01. The summed E-state index contributed by atoms with van der Waals surface area (Å²) in [5.74, 6) is -3.48. The molecule has 11 nitrogen and oxygen atoms in total. The largest absolute Gasteiger partial charge is 0.378 e. The molecule has 3 amide bonds. The molecule has 184 valence electrons. The first-order chi connectivity index (χ1) is 16.2. The molecule has 1 saturated heterocycles. The van der Waals surface area contributed by atoms with Crippen molar-refractivity contribution >= 4 is 27.6 Å². The lowest BCUT2D eigenvalue weighted by atomic mass is 9.93. The van der Waals surface area contributed by atoms with Gasteiger partial charge in [0.1, 0.15) is 6.04 Å². The number of aromatic amines is 1. The second-order valence-electron chi connectivity index (χ2n) is 8.23. The van der Waals surface area contributed by atoms with Crippen molar-refractivity contribution in [1.82, 2.24) is 20.2 Å². The van der Waals surface area contributed by atoms with Crippen LogP contribution in [-0.4, -0.2) is 84.9 Å². The molecule has 0 saturated carbocycles. The fourth-order valence-electron chi connectivity index (χ4n) is 3.94. The molecule has 2 unspecified atom stereocenters. The molecule has 0 radical (unpaired) electrons. The molecule has 1 aromatic carbocycles. The van der Waals surface area contributed by atoms with Crippen LogP contribution in [0.15, 0.2) is 42.9 Å². The van der Waals surface area contributed by atoms with Gasteiger partial charge in [0.2, 0.25) is 17.7 Å². The van der Waals surface area contributed by atoms with Gasteiger partial charge in [-0.1, -0.05) is 30.3 Å². The van der Waals surface area contributed by atoms with E-state index < -0.39 is 44.8 Å². The summed E-state index contributed by atoms with van der Waals surface area (Å²) in [6.45, 7) is 1.03. The Morgan fingerprint density at radius 3 is 2.41 bits per heavy atom. The van der Waals surface area contributed by atoms with Crippen molar-refractivity contribution in [3.8, 4) is 0 Å². The molecule has 34 heavy (non-hydrogen) atoms. The number of primary amides is 1. The molecular formula is C22H29N5O6S. The highest BCUT2D eigenvalue weighted by Crippen LogP contribution is 2.22. The lowest BCUT2D eigenvalue weighted by Gasteiger charge is -2.33. The number of rotatable bonds is 10. The van der Waals surface area contributed by atoms with Gasteiger partial charge in [-0.25, -0.2) is 13.4 Å². The van der Waals surface area contributed by atoms with Gasteiger partial charge in [-0.2, -0.15) is 0 Å². The topological polar surface area (TPSA) is 165 Å². The van der Waals surface area contributed by atoms with Gasteiger partial charge in [0.25, 0.3) is 0 Å². The minimum atomic E-state index is -4.01. The van der Waals surface area contributed by atoms with E-state index >= 15 is 0 Å². The van der Waals surface area contributed by atoms with Crippen LogP contribution in [0.3, 0.4) is 0 Å². The van der Waals surface area contributed by atoms with Gasteiger partial charge in [0, 0.05) is 37.7 Å². The first-order valence-electron chi connectivity index (χ1n) is 10.8. The van der Waals surface area contributed by atoms with Crippen LogP contribution in [0.25, 0.3) is 0 Å². The average Bonchev–Trinajstić information content (AvgIpc) is 3.31. The van der Waals surface area contributed by atoms with Crippen LogP contribution in [-0.2, 0) is 41.8 Å². The number of aromatic nitrogens is 2. The highest BCUT2D eigenvalue weighted by Gasteiger charge is 2.44. The van der Waals surface area contributed by atoms with E-state index in [9.17, 15) is 22.8 Å². The Hall–Kier alpha value is -3.25. The summed E-state index contributed by atoms with van der Waals surface area (Å²) in [4.78, 5) is 47.0. The second-order valence-corrected chi connectivity index (χ2v) is 10.4. The molecule has 2 aromatic rings. The first kappa shape index (κ1) is 25.4. The molecule has 1 aromatic heterocycles. The van der Waals surface area contributed by atoms with E-state index in [1.54, 1.807) is 30.3 Å². The first-order valence-corrected chi connectivity index (χ1v) is 12.8. The third kappa shape index (κ3) is 6.64. The number of benzene rings is 1. The van der Waals surface area contributed by atoms with Crippen molar-refractivity contribution < 1.29 is 27.5 Å². The summed E-state index contributed by atoms with van der Waals surface area (Å²) in [6.07, 6.45) is 3.88. The van der Waals surface area contributed by atoms with Crippen LogP contribution in [0.5, 0.6) is 0 Å². The monoisotopic (exact) mass is 491 g/mol. The maximum atomic E-state index is 13.5. The summed E-state index contributed by atoms with van der Waals surface area (Å²) in [6, 6.07) is 7.68. The number of amides is 3. The minimum Gasteiger partial charge on any atom is -0.378 e. The van der Waals surface area contributed by atoms with E-state index in [4.69, 9.17) is 10.5 Å². The van der Waals surface area contributed by atoms with Crippen molar-refractivity contribution in [1.29, 1.82) is 0 Å². The number of nitrogens with zero attached hydrogens (tertiary/aromatic N) is 2. The number of nitrogens with two attached hydrogens (primary N) is 1. The molecule has 3 atom stereocenters.